The third-order valence-corrected chi connectivity index (χ3v) is 2.78. The maximum absolute atomic E-state index is 10.6. The van der Waals surface area contributed by atoms with E-state index in [-0.39, 0.29) is 11.5 Å². The van der Waals surface area contributed by atoms with Gasteiger partial charge in [-0.25, -0.2) is 4.98 Å². The van der Waals surface area contributed by atoms with E-state index in [0.717, 1.165) is 25.6 Å². The van der Waals surface area contributed by atoms with Crippen molar-refractivity contribution in [1.82, 2.24) is 9.97 Å². The molecule has 0 bridgehead atoms. The lowest BCUT2D eigenvalue weighted by Gasteiger charge is -2.13. The van der Waals surface area contributed by atoms with Gasteiger partial charge in [-0.3, -0.25) is 10.1 Å². The number of hydrogen-bond donors (Lipinski definition) is 2. The average molecular weight is 265 g/mol. The molecule has 1 aromatic heterocycles. The Morgan fingerprint density at radius 1 is 1.58 bits per heavy atom. The smallest absolute Gasteiger partial charge is 0.329 e. The zero-order chi connectivity index (χ0) is 13.7. The molecule has 0 amide bonds. The first-order valence-electron chi connectivity index (χ1n) is 5.93. The van der Waals surface area contributed by atoms with Gasteiger partial charge < -0.3 is 15.8 Å². The molecule has 2 heterocycles. The molecule has 0 atom stereocenters. The van der Waals surface area contributed by atoms with E-state index in [2.05, 4.69) is 21.4 Å². The summed E-state index contributed by atoms with van der Waals surface area (Å²) >= 11 is 0. The Morgan fingerprint density at radius 3 is 3.05 bits per heavy atom. The Kier molecular flexibility index (Phi) is 4.24. The summed E-state index contributed by atoms with van der Waals surface area (Å²) in [6, 6.07) is 0. The van der Waals surface area contributed by atoms with Crippen molar-refractivity contribution in [2.75, 3.05) is 30.8 Å². The lowest BCUT2D eigenvalue weighted by atomic mass is 10.1. The third-order valence-electron chi connectivity index (χ3n) is 2.78. The van der Waals surface area contributed by atoms with E-state index in [1.807, 2.05) is 0 Å². The summed E-state index contributed by atoms with van der Waals surface area (Å²) in [5.74, 6) is 0.170. The van der Waals surface area contributed by atoms with Crippen molar-refractivity contribution in [1.29, 1.82) is 0 Å². The van der Waals surface area contributed by atoms with Crippen LogP contribution in [0.15, 0.2) is 17.8 Å². The van der Waals surface area contributed by atoms with Crippen LogP contribution in [0.4, 0.5) is 17.5 Å². The second kappa shape index (κ2) is 6.10. The number of anilines is 2. The molecule has 0 fully saturated rings. The van der Waals surface area contributed by atoms with Crippen LogP contribution in [0, 0.1) is 10.1 Å². The fourth-order valence-corrected chi connectivity index (χ4v) is 1.74. The number of hydrogen-bond acceptors (Lipinski definition) is 7. The van der Waals surface area contributed by atoms with E-state index in [0.29, 0.717) is 19.1 Å². The van der Waals surface area contributed by atoms with Crippen molar-refractivity contribution in [2.45, 2.75) is 12.8 Å². The molecule has 8 heteroatoms. The van der Waals surface area contributed by atoms with E-state index < -0.39 is 4.92 Å². The third kappa shape index (κ3) is 3.62. The summed E-state index contributed by atoms with van der Waals surface area (Å²) in [5, 5.41) is 13.6. The van der Waals surface area contributed by atoms with E-state index in [9.17, 15) is 10.1 Å². The van der Waals surface area contributed by atoms with Crippen LogP contribution in [-0.4, -0.2) is 34.6 Å². The summed E-state index contributed by atoms with van der Waals surface area (Å²) in [6.07, 6.45) is 4.98. The van der Waals surface area contributed by atoms with Crippen LogP contribution in [0.3, 0.4) is 0 Å². The minimum atomic E-state index is -0.605. The van der Waals surface area contributed by atoms with E-state index in [1.165, 1.54) is 5.57 Å². The standard InChI is InChI=1S/C11H15N5O3/c12-10-9(16(17)18)7-14-11(15-10)13-4-1-8-2-5-19-6-3-8/h2,7H,1,3-6H2,(H3,12,13,14,15). The van der Waals surface area contributed by atoms with Crippen molar-refractivity contribution in [2.24, 2.45) is 0 Å². The van der Waals surface area contributed by atoms with Gasteiger partial charge in [0, 0.05) is 6.54 Å². The van der Waals surface area contributed by atoms with Crippen LogP contribution < -0.4 is 11.1 Å². The molecule has 1 aromatic rings. The van der Waals surface area contributed by atoms with Gasteiger partial charge in [-0.1, -0.05) is 11.6 Å². The Balaban J connectivity index is 1.87. The van der Waals surface area contributed by atoms with Gasteiger partial charge in [0.05, 0.1) is 18.1 Å². The molecule has 1 aliphatic heterocycles. The van der Waals surface area contributed by atoms with E-state index in [4.69, 9.17) is 10.5 Å². The van der Waals surface area contributed by atoms with Crippen LogP contribution in [0.25, 0.3) is 0 Å². The minimum Gasteiger partial charge on any atom is -0.378 e. The highest BCUT2D eigenvalue weighted by atomic mass is 16.6. The summed E-state index contributed by atoms with van der Waals surface area (Å²) in [7, 11) is 0. The predicted molar refractivity (Wildman–Crippen MR) is 69.7 cm³/mol. The molecule has 0 radical (unpaired) electrons. The Hall–Kier alpha value is -2.22. The maximum Gasteiger partial charge on any atom is 0.329 e. The van der Waals surface area contributed by atoms with E-state index in [1.54, 1.807) is 0 Å². The molecular weight excluding hydrogens is 250 g/mol. The minimum absolute atomic E-state index is 0.132. The van der Waals surface area contributed by atoms with Crippen LogP contribution in [0.5, 0.6) is 0 Å². The highest BCUT2D eigenvalue weighted by Gasteiger charge is 2.14. The van der Waals surface area contributed by atoms with Crippen molar-refractivity contribution in [3.63, 3.8) is 0 Å². The van der Waals surface area contributed by atoms with Crippen molar-refractivity contribution >= 4 is 17.5 Å². The van der Waals surface area contributed by atoms with Gasteiger partial charge in [0.25, 0.3) is 0 Å². The number of nitrogen functional groups attached to an aromatic ring is 1. The normalized spacial score (nSPS) is 14.8. The molecule has 2 rings (SSSR count). The molecule has 0 saturated heterocycles. The Bertz CT molecular complexity index is 503. The number of nitrogens with one attached hydrogen (secondary N) is 1. The molecule has 8 nitrogen and oxygen atoms in total. The van der Waals surface area contributed by atoms with Crippen LogP contribution in [0.2, 0.25) is 0 Å². The van der Waals surface area contributed by atoms with Gasteiger partial charge in [0.15, 0.2) is 0 Å². The largest absolute Gasteiger partial charge is 0.378 e. The molecule has 1 aliphatic rings. The predicted octanol–water partition coefficient (Wildman–Crippen LogP) is 1.12. The molecule has 3 N–H and O–H groups in total. The number of ether oxygens (including phenoxy) is 1. The first-order chi connectivity index (χ1) is 9.16. The van der Waals surface area contributed by atoms with Gasteiger partial charge in [-0.15, -0.1) is 0 Å². The molecule has 0 unspecified atom stereocenters. The molecular formula is C11H15N5O3. The second-order valence-corrected chi connectivity index (χ2v) is 4.09. The summed E-state index contributed by atoms with van der Waals surface area (Å²) in [5.41, 5.74) is 6.52. The molecule has 102 valence electrons. The SMILES string of the molecule is Nc1nc(NCCC2=CCOCC2)ncc1[N+](=O)[O-]. The number of nitrogens with zero attached hydrogens (tertiary/aromatic N) is 3. The first kappa shape index (κ1) is 13.2. The van der Waals surface area contributed by atoms with Gasteiger partial charge in [0.1, 0.15) is 6.20 Å². The van der Waals surface area contributed by atoms with Gasteiger partial charge in [0.2, 0.25) is 11.8 Å². The van der Waals surface area contributed by atoms with Crippen LogP contribution in [-0.2, 0) is 4.74 Å². The zero-order valence-corrected chi connectivity index (χ0v) is 10.3. The molecule has 19 heavy (non-hydrogen) atoms. The Morgan fingerprint density at radius 2 is 2.42 bits per heavy atom. The topological polar surface area (TPSA) is 116 Å². The molecule has 0 spiro atoms. The highest BCUT2D eigenvalue weighted by molar-refractivity contribution is 5.53. The number of rotatable bonds is 5. The highest BCUT2D eigenvalue weighted by Crippen LogP contribution is 2.18. The van der Waals surface area contributed by atoms with Crippen LogP contribution in [0.1, 0.15) is 12.8 Å². The molecule has 0 saturated carbocycles. The maximum atomic E-state index is 10.6. The van der Waals surface area contributed by atoms with Crippen LogP contribution >= 0.6 is 0 Å². The zero-order valence-electron chi connectivity index (χ0n) is 10.3. The summed E-state index contributed by atoms with van der Waals surface area (Å²) in [4.78, 5) is 17.7. The summed E-state index contributed by atoms with van der Waals surface area (Å²) in [6.45, 7) is 2.08. The average Bonchev–Trinajstić information content (AvgIpc) is 2.39. The van der Waals surface area contributed by atoms with Gasteiger partial charge >= 0.3 is 5.69 Å². The van der Waals surface area contributed by atoms with Gasteiger partial charge in [-0.2, -0.15) is 4.98 Å². The number of aromatic nitrogens is 2. The number of nitro groups is 1. The van der Waals surface area contributed by atoms with Gasteiger partial charge in [-0.05, 0) is 12.8 Å². The molecule has 0 aromatic carbocycles. The second-order valence-electron chi connectivity index (χ2n) is 4.09. The molecule has 0 aliphatic carbocycles. The quantitative estimate of drug-likeness (QED) is 0.465. The lowest BCUT2D eigenvalue weighted by molar-refractivity contribution is -0.384. The summed E-state index contributed by atoms with van der Waals surface area (Å²) < 4.78 is 5.21. The first-order valence-corrected chi connectivity index (χ1v) is 5.93. The Labute approximate surface area is 109 Å². The van der Waals surface area contributed by atoms with Crippen molar-refractivity contribution in [3.05, 3.63) is 28.0 Å². The monoisotopic (exact) mass is 265 g/mol. The fourth-order valence-electron chi connectivity index (χ4n) is 1.74. The fraction of sp³-hybridized carbons (Fsp3) is 0.455. The lowest BCUT2D eigenvalue weighted by Crippen LogP contribution is -2.11. The van der Waals surface area contributed by atoms with Crippen molar-refractivity contribution < 1.29 is 9.66 Å². The van der Waals surface area contributed by atoms with E-state index >= 15 is 0 Å². The van der Waals surface area contributed by atoms with Crippen molar-refractivity contribution in [3.8, 4) is 0 Å². The number of nitrogens with two attached hydrogens (primary N) is 1.